The predicted molar refractivity (Wildman–Crippen MR) is 64.9 cm³/mol. The lowest BCUT2D eigenvalue weighted by molar-refractivity contribution is 0.0939. The number of hydrogen-bond donors (Lipinski definition) is 1. The molecule has 16 heavy (non-hydrogen) atoms. The number of aryl methyl sites for hydroxylation is 1. The number of rotatable bonds is 3. The van der Waals surface area contributed by atoms with Crippen molar-refractivity contribution >= 4 is 5.82 Å². The van der Waals surface area contributed by atoms with Gasteiger partial charge in [-0.15, -0.1) is 0 Å². The molecule has 1 fully saturated rings. The fraction of sp³-hybridized carbons (Fsp3) is 0.583. The third kappa shape index (κ3) is 2.51. The zero-order chi connectivity index (χ0) is 11.4. The second kappa shape index (κ2) is 5.27. The minimum atomic E-state index is 0.382. The third-order valence-corrected chi connectivity index (χ3v) is 2.84. The third-order valence-electron chi connectivity index (χ3n) is 2.84. The second-order valence-electron chi connectivity index (χ2n) is 4.12. The van der Waals surface area contributed by atoms with Gasteiger partial charge in [-0.1, -0.05) is 6.07 Å². The number of pyridine rings is 1. The maximum absolute atomic E-state index is 5.51. The maximum atomic E-state index is 5.51. The molecule has 0 aromatic carbocycles. The lowest BCUT2D eigenvalue weighted by atomic mass is 10.2. The summed E-state index contributed by atoms with van der Waals surface area (Å²) in [7, 11) is 1.97. The Kier molecular flexibility index (Phi) is 3.74. The van der Waals surface area contributed by atoms with E-state index in [0.29, 0.717) is 6.04 Å². The molecule has 2 rings (SSSR count). The summed E-state index contributed by atoms with van der Waals surface area (Å²) in [6.07, 6.45) is 0. The SMILES string of the molecule is CNCC1COCCN1c1cccc(C)n1. The van der Waals surface area contributed by atoms with Crippen LogP contribution in [0.3, 0.4) is 0 Å². The molecule has 0 radical (unpaired) electrons. The average Bonchev–Trinajstić information content (AvgIpc) is 2.30. The fourth-order valence-corrected chi connectivity index (χ4v) is 2.05. The van der Waals surface area contributed by atoms with Gasteiger partial charge in [0.15, 0.2) is 0 Å². The van der Waals surface area contributed by atoms with Crippen molar-refractivity contribution in [1.82, 2.24) is 10.3 Å². The molecule has 1 unspecified atom stereocenters. The second-order valence-corrected chi connectivity index (χ2v) is 4.12. The molecule has 1 aliphatic heterocycles. The minimum Gasteiger partial charge on any atom is -0.377 e. The lowest BCUT2D eigenvalue weighted by Crippen LogP contribution is -2.50. The number of nitrogens with one attached hydrogen (secondary N) is 1. The molecule has 0 aliphatic carbocycles. The largest absolute Gasteiger partial charge is 0.377 e. The highest BCUT2D eigenvalue weighted by Crippen LogP contribution is 2.17. The Balaban J connectivity index is 2.16. The van der Waals surface area contributed by atoms with Crippen molar-refractivity contribution in [3.8, 4) is 0 Å². The molecular weight excluding hydrogens is 202 g/mol. The smallest absolute Gasteiger partial charge is 0.129 e. The van der Waals surface area contributed by atoms with Gasteiger partial charge in [0, 0.05) is 18.8 Å². The summed E-state index contributed by atoms with van der Waals surface area (Å²) in [4.78, 5) is 6.90. The first-order valence-electron chi connectivity index (χ1n) is 5.74. The topological polar surface area (TPSA) is 37.4 Å². The van der Waals surface area contributed by atoms with Gasteiger partial charge < -0.3 is 15.0 Å². The van der Waals surface area contributed by atoms with Crippen LogP contribution in [0.4, 0.5) is 5.82 Å². The van der Waals surface area contributed by atoms with Gasteiger partial charge in [0.1, 0.15) is 5.82 Å². The Morgan fingerprint density at radius 3 is 3.19 bits per heavy atom. The van der Waals surface area contributed by atoms with E-state index in [1.807, 2.05) is 20.0 Å². The van der Waals surface area contributed by atoms with E-state index in [1.54, 1.807) is 0 Å². The van der Waals surface area contributed by atoms with Crippen LogP contribution in [0.2, 0.25) is 0 Å². The first kappa shape index (κ1) is 11.4. The number of likely N-dealkylation sites (N-methyl/N-ethyl adjacent to an activating group) is 1. The summed E-state index contributed by atoms with van der Waals surface area (Å²) < 4.78 is 5.51. The molecule has 4 nitrogen and oxygen atoms in total. The predicted octanol–water partition coefficient (Wildman–Crippen LogP) is 0.815. The zero-order valence-electron chi connectivity index (χ0n) is 9.94. The van der Waals surface area contributed by atoms with Crippen molar-refractivity contribution in [2.75, 3.05) is 38.3 Å². The standard InChI is InChI=1S/C12H19N3O/c1-10-4-3-5-12(14-10)15-6-7-16-9-11(15)8-13-2/h3-5,11,13H,6-9H2,1-2H3. The number of hydrogen-bond acceptors (Lipinski definition) is 4. The fourth-order valence-electron chi connectivity index (χ4n) is 2.05. The molecule has 1 aromatic rings. The van der Waals surface area contributed by atoms with Crippen molar-refractivity contribution < 1.29 is 4.74 Å². The zero-order valence-corrected chi connectivity index (χ0v) is 9.94. The number of morpholine rings is 1. The van der Waals surface area contributed by atoms with Crippen LogP contribution in [0.15, 0.2) is 18.2 Å². The Labute approximate surface area is 96.6 Å². The highest BCUT2D eigenvalue weighted by molar-refractivity contribution is 5.41. The Bertz CT molecular complexity index is 341. The van der Waals surface area contributed by atoms with Crippen LogP contribution in [0.25, 0.3) is 0 Å². The summed E-state index contributed by atoms with van der Waals surface area (Å²) in [6.45, 7) is 5.43. The van der Waals surface area contributed by atoms with Gasteiger partial charge in [-0.3, -0.25) is 0 Å². The van der Waals surface area contributed by atoms with Gasteiger partial charge in [0.2, 0.25) is 0 Å². The molecule has 1 saturated heterocycles. The van der Waals surface area contributed by atoms with E-state index in [1.165, 1.54) is 0 Å². The minimum absolute atomic E-state index is 0.382. The lowest BCUT2D eigenvalue weighted by Gasteiger charge is -2.36. The highest BCUT2D eigenvalue weighted by atomic mass is 16.5. The quantitative estimate of drug-likeness (QED) is 0.820. The Hall–Kier alpha value is -1.13. The molecular formula is C12H19N3O. The number of anilines is 1. The molecule has 1 aromatic heterocycles. The summed E-state index contributed by atoms with van der Waals surface area (Å²) in [5, 5.41) is 3.20. The average molecular weight is 221 g/mol. The summed E-state index contributed by atoms with van der Waals surface area (Å²) in [6, 6.07) is 6.54. The number of nitrogens with zero attached hydrogens (tertiary/aromatic N) is 2. The van der Waals surface area contributed by atoms with Crippen molar-refractivity contribution in [3.05, 3.63) is 23.9 Å². The van der Waals surface area contributed by atoms with Crippen LogP contribution in [0.1, 0.15) is 5.69 Å². The van der Waals surface area contributed by atoms with Gasteiger partial charge >= 0.3 is 0 Å². The Morgan fingerprint density at radius 1 is 1.56 bits per heavy atom. The van der Waals surface area contributed by atoms with E-state index in [4.69, 9.17) is 4.74 Å². The van der Waals surface area contributed by atoms with E-state index < -0.39 is 0 Å². The van der Waals surface area contributed by atoms with Crippen LogP contribution < -0.4 is 10.2 Å². The summed E-state index contributed by atoms with van der Waals surface area (Å²) in [5.74, 6) is 1.06. The molecule has 1 atom stereocenters. The van der Waals surface area contributed by atoms with E-state index in [0.717, 1.165) is 37.8 Å². The van der Waals surface area contributed by atoms with Crippen molar-refractivity contribution in [2.24, 2.45) is 0 Å². The van der Waals surface area contributed by atoms with Crippen LogP contribution in [0, 0.1) is 6.92 Å². The highest BCUT2D eigenvalue weighted by Gasteiger charge is 2.23. The van der Waals surface area contributed by atoms with Crippen LogP contribution in [0.5, 0.6) is 0 Å². The van der Waals surface area contributed by atoms with Gasteiger partial charge in [-0.25, -0.2) is 4.98 Å². The molecule has 0 spiro atoms. The van der Waals surface area contributed by atoms with E-state index in [2.05, 4.69) is 27.3 Å². The van der Waals surface area contributed by atoms with Crippen LogP contribution >= 0.6 is 0 Å². The van der Waals surface area contributed by atoms with Gasteiger partial charge in [-0.2, -0.15) is 0 Å². The monoisotopic (exact) mass is 221 g/mol. The maximum Gasteiger partial charge on any atom is 0.129 e. The molecule has 0 amide bonds. The van der Waals surface area contributed by atoms with E-state index in [-0.39, 0.29) is 0 Å². The first-order valence-corrected chi connectivity index (χ1v) is 5.74. The van der Waals surface area contributed by atoms with Gasteiger partial charge in [0.25, 0.3) is 0 Å². The molecule has 0 bridgehead atoms. The van der Waals surface area contributed by atoms with Crippen molar-refractivity contribution in [2.45, 2.75) is 13.0 Å². The molecule has 2 heterocycles. The van der Waals surface area contributed by atoms with E-state index >= 15 is 0 Å². The summed E-state index contributed by atoms with van der Waals surface area (Å²) in [5.41, 5.74) is 1.06. The molecule has 0 saturated carbocycles. The number of ether oxygens (including phenoxy) is 1. The number of aromatic nitrogens is 1. The summed E-state index contributed by atoms with van der Waals surface area (Å²) >= 11 is 0. The normalized spacial score (nSPS) is 21.1. The van der Waals surface area contributed by atoms with Gasteiger partial charge in [-0.05, 0) is 26.1 Å². The molecule has 1 aliphatic rings. The van der Waals surface area contributed by atoms with Crippen LogP contribution in [-0.4, -0.2) is 44.4 Å². The van der Waals surface area contributed by atoms with E-state index in [9.17, 15) is 0 Å². The van der Waals surface area contributed by atoms with Crippen molar-refractivity contribution in [3.63, 3.8) is 0 Å². The van der Waals surface area contributed by atoms with Gasteiger partial charge in [0.05, 0.1) is 19.3 Å². The molecule has 1 N–H and O–H groups in total. The molecule has 4 heteroatoms. The first-order chi connectivity index (χ1) is 7.81. The molecule has 88 valence electrons. The van der Waals surface area contributed by atoms with Crippen LogP contribution in [-0.2, 0) is 4.74 Å². The Morgan fingerprint density at radius 2 is 2.44 bits per heavy atom. The van der Waals surface area contributed by atoms with Crippen molar-refractivity contribution in [1.29, 1.82) is 0 Å².